The maximum Gasteiger partial charge on any atom is 0.411 e. The highest BCUT2D eigenvalue weighted by Crippen LogP contribution is 2.43. The molecule has 3 N–H and O–H groups in total. The highest BCUT2D eigenvalue weighted by molar-refractivity contribution is 5.91. The predicted molar refractivity (Wildman–Crippen MR) is 141 cm³/mol. The van der Waals surface area contributed by atoms with Crippen LogP contribution in [0.5, 0.6) is 0 Å². The molecule has 38 heavy (non-hydrogen) atoms. The molecule has 4 aliphatic rings. The Bertz CT molecular complexity index is 1110. The van der Waals surface area contributed by atoms with E-state index < -0.39 is 41.4 Å². The Kier molecular flexibility index (Phi) is 7.04. The van der Waals surface area contributed by atoms with Crippen LogP contribution in [-0.4, -0.2) is 84.2 Å². The second-order valence-electron chi connectivity index (χ2n) is 12.5. The number of piperidine rings is 1. The van der Waals surface area contributed by atoms with Crippen LogP contribution in [0, 0.1) is 17.7 Å². The van der Waals surface area contributed by atoms with Gasteiger partial charge in [-0.2, -0.15) is 0 Å². The summed E-state index contributed by atoms with van der Waals surface area (Å²) in [5.41, 5.74) is 6.08. The number of nitrogens with two attached hydrogens (primary N) is 1. The number of likely N-dealkylation sites (N-methyl/N-ethyl adjacent to an activating group) is 1. The summed E-state index contributed by atoms with van der Waals surface area (Å²) < 4.78 is 20.8. The van der Waals surface area contributed by atoms with E-state index >= 15 is 4.39 Å². The lowest BCUT2D eigenvalue weighted by Crippen LogP contribution is -2.57. The molecule has 3 amide bonds. The molecule has 2 bridgehead atoms. The van der Waals surface area contributed by atoms with E-state index in [1.807, 2.05) is 6.07 Å². The first-order chi connectivity index (χ1) is 17.9. The third-order valence-electron chi connectivity index (χ3n) is 8.77. The van der Waals surface area contributed by atoms with E-state index in [2.05, 4.69) is 22.2 Å². The van der Waals surface area contributed by atoms with Crippen LogP contribution in [0.2, 0.25) is 0 Å². The number of benzene rings is 1. The number of hydrogen-bond donors (Lipinski definition) is 2. The molecule has 3 heterocycles. The largest absolute Gasteiger partial charge is 0.444 e. The van der Waals surface area contributed by atoms with Crippen molar-refractivity contribution in [2.24, 2.45) is 17.6 Å². The zero-order chi connectivity index (χ0) is 27.4. The average molecular weight is 530 g/mol. The van der Waals surface area contributed by atoms with Gasteiger partial charge in [0.15, 0.2) is 0 Å². The molecule has 1 saturated carbocycles. The zero-order valence-electron chi connectivity index (χ0n) is 22.8. The summed E-state index contributed by atoms with van der Waals surface area (Å²) in [4.78, 5) is 44.7. The SMILES string of the molecule is CN1CCC2CN(c3ccc(C[C@H](NC(=O)[C@@H]4[C@H]5CC[C@H](C5)N4C(=O)OC(C)(C)C)C(N)=O)c(F)c3)CC21. The van der Waals surface area contributed by atoms with Crippen molar-refractivity contribution in [1.29, 1.82) is 0 Å². The fourth-order valence-electron chi connectivity index (χ4n) is 6.88. The van der Waals surface area contributed by atoms with Crippen molar-refractivity contribution >= 4 is 23.6 Å². The first-order valence-corrected chi connectivity index (χ1v) is 13.8. The number of nitrogens with one attached hydrogen (secondary N) is 1. The second-order valence-corrected chi connectivity index (χ2v) is 12.5. The molecule has 2 unspecified atom stereocenters. The van der Waals surface area contributed by atoms with Crippen LogP contribution < -0.4 is 16.0 Å². The van der Waals surface area contributed by atoms with Crippen molar-refractivity contribution in [3.05, 3.63) is 29.6 Å². The minimum atomic E-state index is -1.10. The van der Waals surface area contributed by atoms with E-state index in [4.69, 9.17) is 10.5 Å². The van der Waals surface area contributed by atoms with E-state index in [9.17, 15) is 14.4 Å². The number of hydrogen-bond acceptors (Lipinski definition) is 6. The number of fused-ring (bicyclic) bond motifs is 3. The fraction of sp³-hybridized carbons (Fsp3) is 0.679. The van der Waals surface area contributed by atoms with Crippen LogP contribution in [-0.2, 0) is 20.7 Å². The molecular weight excluding hydrogens is 489 g/mol. The maximum atomic E-state index is 15.2. The van der Waals surface area contributed by atoms with E-state index in [0.29, 0.717) is 17.5 Å². The average Bonchev–Trinajstić information content (AvgIpc) is 3.60. The van der Waals surface area contributed by atoms with Gasteiger partial charge in [0.25, 0.3) is 0 Å². The number of rotatable bonds is 6. The van der Waals surface area contributed by atoms with Crippen molar-refractivity contribution in [2.75, 3.05) is 31.6 Å². The van der Waals surface area contributed by atoms with Gasteiger partial charge >= 0.3 is 6.09 Å². The van der Waals surface area contributed by atoms with Gasteiger partial charge in [-0.3, -0.25) is 14.5 Å². The predicted octanol–water partition coefficient (Wildman–Crippen LogP) is 2.27. The van der Waals surface area contributed by atoms with Crippen LogP contribution in [0.15, 0.2) is 18.2 Å². The lowest BCUT2D eigenvalue weighted by molar-refractivity contribution is -0.132. The van der Waals surface area contributed by atoms with E-state index in [-0.39, 0.29) is 18.4 Å². The van der Waals surface area contributed by atoms with Gasteiger partial charge in [0.05, 0.1) is 0 Å². The number of anilines is 1. The van der Waals surface area contributed by atoms with Crippen molar-refractivity contribution in [3.63, 3.8) is 0 Å². The summed E-state index contributed by atoms with van der Waals surface area (Å²) in [6.45, 7) is 8.23. The molecule has 1 aromatic carbocycles. The summed E-state index contributed by atoms with van der Waals surface area (Å²) >= 11 is 0. The van der Waals surface area contributed by atoms with Gasteiger partial charge in [0.2, 0.25) is 11.8 Å². The number of primary amides is 1. The van der Waals surface area contributed by atoms with Crippen LogP contribution >= 0.6 is 0 Å². The Labute approximate surface area is 223 Å². The molecule has 208 valence electrons. The molecule has 0 radical (unpaired) electrons. The first kappa shape index (κ1) is 26.7. The van der Waals surface area contributed by atoms with Crippen molar-refractivity contribution in [3.8, 4) is 0 Å². The van der Waals surface area contributed by atoms with E-state index in [1.165, 1.54) is 11.0 Å². The molecule has 6 atom stereocenters. The molecule has 0 aromatic heterocycles. The Morgan fingerprint density at radius 3 is 2.58 bits per heavy atom. The summed E-state index contributed by atoms with van der Waals surface area (Å²) in [5.74, 6) is -1.02. The van der Waals surface area contributed by atoms with Crippen molar-refractivity contribution in [1.82, 2.24) is 15.1 Å². The Balaban J connectivity index is 1.26. The van der Waals surface area contributed by atoms with E-state index in [1.54, 1.807) is 26.8 Å². The summed E-state index contributed by atoms with van der Waals surface area (Å²) in [6, 6.07) is 3.67. The van der Waals surface area contributed by atoms with Gasteiger partial charge < -0.3 is 25.6 Å². The zero-order valence-corrected chi connectivity index (χ0v) is 22.8. The van der Waals surface area contributed by atoms with Gasteiger partial charge in [-0.05, 0) is 89.6 Å². The molecule has 1 aliphatic carbocycles. The third-order valence-corrected chi connectivity index (χ3v) is 8.77. The number of halogens is 1. The van der Waals surface area contributed by atoms with Gasteiger partial charge in [0, 0.05) is 37.3 Å². The third kappa shape index (κ3) is 5.19. The molecule has 1 aromatic rings. The second kappa shape index (κ2) is 10.0. The first-order valence-electron chi connectivity index (χ1n) is 13.8. The molecule has 9 nitrogen and oxygen atoms in total. The Morgan fingerprint density at radius 1 is 1.16 bits per heavy atom. The monoisotopic (exact) mass is 529 g/mol. The molecule has 5 rings (SSSR count). The van der Waals surface area contributed by atoms with Crippen molar-refractivity contribution < 1.29 is 23.5 Å². The van der Waals surface area contributed by atoms with Gasteiger partial charge in [-0.25, -0.2) is 9.18 Å². The highest BCUT2D eigenvalue weighted by atomic mass is 19.1. The molecule has 3 aliphatic heterocycles. The lowest BCUT2D eigenvalue weighted by atomic mass is 9.97. The topological polar surface area (TPSA) is 108 Å². The number of likely N-dealkylation sites (tertiary alicyclic amines) is 2. The minimum Gasteiger partial charge on any atom is -0.444 e. The maximum absolute atomic E-state index is 15.2. The van der Waals surface area contributed by atoms with Crippen LogP contribution in [0.3, 0.4) is 0 Å². The van der Waals surface area contributed by atoms with Gasteiger partial charge in [0.1, 0.15) is 23.5 Å². The number of carbonyl (C=O) groups is 3. The van der Waals surface area contributed by atoms with Crippen LogP contribution in [0.1, 0.15) is 52.0 Å². The summed E-state index contributed by atoms with van der Waals surface area (Å²) in [7, 11) is 2.14. The quantitative estimate of drug-likeness (QED) is 0.586. The minimum absolute atomic E-state index is 0.00364. The summed E-state index contributed by atoms with van der Waals surface area (Å²) in [6.07, 6.45) is 2.94. The molecule has 0 spiro atoms. The highest BCUT2D eigenvalue weighted by Gasteiger charge is 2.53. The van der Waals surface area contributed by atoms with Crippen molar-refractivity contribution in [2.45, 2.75) is 82.6 Å². The Morgan fingerprint density at radius 2 is 1.92 bits per heavy atom. The summed E-state index contributed by atoms with van der Waals surface area (Å²) in [5, 5.41) is 2.72. The standard InChI is InChI=1S/C28H40FN5O4/c1-28(2,3)38-27(37)34-20-8-6-17(11-20)24(34)26(36)31-22(25(30)35)12-16-5-7-19(13-21(16)29)33-14-18-9-10-32(4)23(18)15-33/h5,7,13,17-18,20,22-24H,6,8-12,14-15H2,1-4H3,(H2,30,35)(H,31,36)/t17-,18?,20+,22-,23?,24-/m0/s1. The fourth-order valence-corrected chi connectivity index (χ4v) is 6.88. The van der Waals surface area contributed by atoms with Crippen LogP contribution in [0.25, 0.3) is 0 Å². The smallest absolute Gasteiger partial charge is 0.411 e. The lowest BCUT2D eigenvalue weighted by Gasteiger charge is -2.36. The van der Waals surface area contributed by atoms with E-state index in [0.717, 1.165) is 51.0 Å². The van der Waals surface area contributed by atoms with Gasteiger partial charge in [-0.15, -0.1) is 0 Å². The number of carbonyl (C=O) groups excluding carboxylic acids is 3. The van der Waals surface area contributed by atoms with Gasteiger partial charge in [-0.1, -0.05) is 6.07 Å². The number of amides is 3. The molecular formula is C28H40FN5O4. The molecule has 10 heteroatoms. The number of ether oxygens (including phenoxy) is 1. The van der Waals surface area contributed by atoms with Crippen LogP contribution in [0.4, 0.5) is 14.9 Å². The Hall–Kier alpha value is -2.88. The number of nitrogens with zero attached hydrogens (tertiary/aromatic N) is 3. The normalized spacial score (nSPS) is 29.4. The molecule has 4 fully saturated rings. The molecule has 3 saturated heterocycles.